The smallest absolute Gasteiger partial charge is 0.308 e. The van der Waals surface area contributed by atoms with Crippen LogP contribution in [0.3, 0.4) is 0 Å². The van der Waals surface area contributed by atoms with E-state index in [1.54, 1.807) is 6.92 Å². The predicted molar refractivity (Wildman–Crippen MR) is 98.6 cm³/mol. The van der Waals surface area contributed by atoms with Crippen molar-refractivity contribution >= 4 is 49.6 Å². The van der Waals surface area contributed by atoms with Crippen LogP contribution in [0.1, 0.15) is 11.3 Å². The second-order valence-electron chi connectivity index (χ2n) is 5.85. The molecule has 8 heteroatoms. The molecule has 2 aromatic carbocycles. The van der Waals surface area contributed by atoms with Gasteiger partial charge in [-0.3, -0.25) is 4.79 Å². The van der Waals surface area contributed by atoms with Gasteiger partial charge in [0.1, 0.15) is 5.82 Å². The number of para-hydroxylation sites is 1. The first-order valence-corrected chi connectivity index (χ1v) is 9.70. The summed E-state index contributed by atoms with van der Waals surface area (Å²) in [5.41, 5.74) is 2.19. The predicted octanol–water partition coefficient (Wildman–Crippen LogP) is 4.02. The van der Waals surface area contributed by atoms with Crippen molar-refractivity contribution in [1.29, 1.82) is 0 Å². The number of aromatic amines is 1. The second-order valence-corrected chi connectivity index (χ2v) is 8.47. The topological polar surface area (TPSA) is 89.0 Å². The van der Waals surface area contributed by atoms with Crippen LogP contribution in [-0.4, -0.2) is 25.6 Å². The maximum Gasteiger partial charge on any atom is 0.308 e. The van der Waals surface area contributed by atoms with Crippen LogP contribution in [0, 0.1) is 12.7 Å². The SMILES string of the molecule is Cc1[nH]c2c(CC(=O)O)cc(F)cc2c1[S+]([O-])c1nc2ccccc2s1. The number of benzene rings is 2. The minimum absolute atomic E-state index is 0.318. The van der Waals surface area contributed by atoms with Crippen molar-refractivity contribution in [2.75, 3.05) is 0 Å². The van der Waals surface area contributed by atoms with Gasteiger partial charge in [0.2, 0.25) is 0 Å². The molecule has 5 nitrogen and oxygen atoms in total. The molecule has 0 amide bonds. The molecule has 132 valence electrons. The summed E-state index contributed by atoms with van der Waals surface area (Å²) in [6, 6.07) is 9.97. The van der Waals surface area contributed by atoms with E-state index >= 15 is 0 Å². The van der Waals surface area contributed by atoms with Crippen molar-refractivity contribution < 1.29 is 18.8 Å². The van der Waals surface area contributed by atoms with Crippen LogP contribution in [0.15, 0.2) is 45.6 Å². The van der Waals surface area contributed by atoms with Gasteiger partial charge in [0.25, 0.3) is 0 Å². The van der Waals surface area contributed by atoms with E-state index in [9.17, 15) is 13.7 Å². The molecule has 0 bridgehead atoms. The van der Waals surface area contributed by atoms with Crippen LogP contribution in [0.4, 0.5) is 4.39 Å². The molecule has 0 aliphatic rings. The number of carboxylic acid groups (broad SMARTS) is 1. The molecule has 2 N–H and O–H groups in total. The molecule has 0 aliphatic heterocycles. The highest BCUT2D eigenvalue weighted by Gasteiger charge is 2.28. The normalized spacial score (nSPS) is 12.7. The lowest BCUT2D eigenvalue weighted by molar-refractivity contribution is -0.136. The van der Waals surface area contributed by atoms with Crippen LogP contribution >= 0.6 is 11.3 Å². The fourth-order valence-electron chi connectivity index (χ4n) is 3.00. The molecule has 0 fully saturated rings. The third-order valence-corrected chi connectivity index (χ3v) is 6.88. The van der Waals surface area contributed by atoms with E-state index in [0.717, 1.165) is 10.2 Å². The number of halogens is 1. The quantitative estimate of drug-likeness (QED) is 0.517. The molecule has 4 aromatic rings. The molecule has 2 aromatic heterocycles. The highest BCUT2D eigenvalue weighted by atomic mass is 32.2. The third kappa shape index (κ3) is 2.86. The molecule has 0 saturated heterocycles. The van der Waals surface area contributed by atoms with Gasteiger partial charge < -0.3 is 14.6 Å². The zero-order valence-corrected chi connectivity index (χ0v) is 15.2. The lowest BCUT2D eigenvalue weighted by atomic mass is 10.1. The molecule has 0 radical (unpaired) electrons. The van der Waals surface area contributed by atoms with Gasteiger partial charge in [-0.2, -0.15) is 4.98 Å². The largest absolute Gasteiger partial charge is 0.605 e. The Morgan fingerprint density at radius 3 is 2.88 bits per heavy atom. The van der Waals surface area contributed by atoms with Crippen LogP contribution in [-0.2, 0) is 22.4 Å². The van der Waals surface area contributed by atoms with Crippen molar-refractivity contribution in [3.05, 3.63) is 53.5 Å². The highest BCUT2D eigenvalue weighted by Crippen LogP contribution is 2.36. The molecule has 0 saturated carbocycles. The van der Waals surface area contributed by atoms with E-state index in [4.69, 9.17) is 5.11 Å². The van der Waals surface area contributed by atoms with Crippen molar-refractivity contribution in [2.45, 2.75) is 22.6 Å². The average Bonchev–Trinajstić information content (AvgIpc) is 3.14. The van der Waals surface area contributed by atoms with Crippen LogP contribution in [0.25, 0.3) is 21.1 Å². The van der Waals surface area contributed by atoms with Crippen LogP contribution in [0.2, 0.25) is 0 Å². The first-order chi connectivity index (χ1) is 12.4. The molecule has 4 rings (SSSR count). The maximum absolute atomic E-state index is 14.1. The third-order valence-electron chi connectivity index (χ3n) is 4.04. The van der Waals surface area contributed by atoms with E-state index in [0.29, 0.717) is 31.4 Å². The second kappa shape index (κ2) is 6.39. The number of nitrogens with zero attached hydrogens (tertiary/aromatic N) is 1. The Labute approximate surface area is 154 Å². The number of thiazole rings is 1. The summed E-state index contributed by atoms with van der Waals surface area (Å²) in [5.74, 6) is -1.62. The Balaban J connectivity index is 1.88. The number of H-pyrrole nitrogens is 1. The molecule has 1 atom stereocenters. The number of nitrogens with one attached hydrogen (secondary N) is 1. The number of hydrogen-bond acceptors (Lipinski definition) is 4. The molecule has 26 heavy (non-hydrogen) atoms. The van der Waals surface area contributed by atoms with E-state index in [2.05, 4.69) is 9.97 Å². The first kappa shape index (κ1) is 17.0. The maximum atomic E-state index is 14.1. The standard InChI is InChI=1S/C18H13FN2O3S2/c1-9-17(26(24)18-21-13-4-2-3-5-14(13)25-18)12-8-11(19)6-10(7-15(22)23)16(12)20-9/h2-6,8,20H,7H2,1H3,(H,22,23). The summed E-state index contributed by atoms with van der Waals surface area (Å²) >= 11 is -0.275. The summed E-state index contributed by atoms with van der Waals surface area (Å²) in [5, 5.41) is 9.48. The summed E-state index contributed by atoms with van der Waals surface area (Å²) in [7, 11) is 0. The number of aliphatic carboxylic acids is 1. The van der Waals surface area contributed by atoms with Gasteiger partial charge in [-0.25, -0.2) is 4.39 Å². The van der Waals surface area contributed by atoms with Gasteiger partial charge in [0.15, 0.2) is 4.90 Å². The summed E-state index contributed by atoms with van der Waals surface area (Å²) in [6.45, 7) is 1.74. The minimum atomic E-state index is -1.60. The molecule has 0 spiro atoms. The molecule has 1 unspecified atom stereocenters. The van der Waals surface area contributed by atoms with Gasteiger partial charge in [0.05, 0.1) is 44.4 Å². The van der Waals surface area contributed by atoms with Gasteiger partial charge in [-0.05, 0) is 36.8 Å². The molecule has 2 heterocycles. The summed E-state index contributed by atoms with van der Waals surface area (Å²) in [6.07, 6.45) is -0.318. The lowest BCUT2D eigenvalue weighted by Crippen LogP contribution is -2.03. The fraction of sp³-hybridized carbons (Fsp3) is 0.111. The Kier molecular flexibility index (Phi) is 4.18. The van der Waals surface area contributed by atoms with Crippen molar-refractivity contribution in [3.63, 3.8) is 0 Å². The molecule has 0 aliphatic carbocycles. The Hall–Kier alpha value is -2.42. The summed E-state index contributed by atoms with van der Waals surface area (Å²) < 4.78 is 28.6. The number of carboxylic acids is 1. The van der Waals surface area contributed by atoms with Crippen LogP contribution in [0.5, 0.6) is 0 Å². The number of hydrogen-bond donors (Lipinski definition) is 2. The average molecular weight is 388 g/mol. The number of fused-ring (bicyclic) bond motifs is 2. The van der Waals surface area contributed by atoms with Crippen molar-refractivity contribution in [1.82, 2.24) is 9.97 Å². The van der Waals surface area contributed by atoms with Crippen LogP contribution < -0.4 is 0 Å². The van der Waals surface area contributed by atoms with E-state index in [1.165, 1.54) is 23.5 Å². The number of aryl methyl sites for hydroxylation is 1. The van der Waals surface area contributed by atoms with Gasteiger partial charge >= 0.3 is 10.3 Å². The van der Waals surface area contributed by atoms with Gasteiger partial charge in [-0.1, -0.05) is 23.5 Å². The minimum Gasteiger partial charge on any atom is -0.605 e. The first-order valence-electron chi connectivity index (χ1n) is 7.74. The fourth-order valence-corrected chi connectivity index (χ4v) is 5.56. The number of aromatic nitrogens is 2. The van der Waals surface area contributed by atoms with Gasteiger partial charge in [0, 0.05) is 0 Å². The molecular weight excluding hydrogens is 375 g/mol. The van der Waals surface area contributed by atoms with Crippen molar-refractivity contribution in [2.24, 2.45) is 0 Å². The van der Waals surface area contributed by atoms with Gasteiger partial charge in [-0.15, -0.1) is 0 Å². The molecular formula is C18H13FN2O3S2. The number of rotatable bonds is 4. The Morgan fingerprint density at radius 2 is 2.15 bits per heavy atom. The summed E-state index contributed by atoms with van der Waals surface area (Å²) in [4.78, 5) is 19.0. The number of carbonyl (C=O) groups is 1. The lowest BCUT2D eigenvalue weighted by Gasteiger charge is -2.06. The van der Waals surface area contributed by atoms with Crippen molar-refractivity contribution in [3.8, 4) is 0 Å². The Bertz CT molecular complexity index is 1120. The Morgan fingerprint density at radius 1 is 1.38 bits per heavy atom. The van der Waals surface area contributed by atoms with E-state index < -0.39 is 23.0 Å². The monoisotopic (exact) mass is 388 g/mol. The van der Waals surface area contributed by atoms with E-state index in [1.807, 2.05) is 24.3 Å². The van der Waals surface area contributed by atoms with E-state index in [-0.39, 0.29) is 6.42 Å². The zero-order valence-electron chi connectivity index (χ0n) is 13.6. The highest BCUT2D eigenvalue weighted by molar-refractivity contribution is 7.93. The zero-order chi connectivity index (χ0) is 18.4.